The number of benzene rings is 2. The Morgan fingerprint density at radius 3 is 2.32 bits per heavy atom. The van der Waals surface area contributed by atoms with E-state index in [0.29, 0.717) is 12.3 Å². The second-order valence-electron chi connectivity index (χ2n) is 6.33. The third-order valence-electron chi connectivity index (χ3n) is 4.17. The van der Waals surface area contributed by atoms with Crippen molar-refractivity contribution in [2.75, 3.05) is 4.90 Å². The van der Waals surface area contributed by atoms with Crippen LogP contribution >= 0.6 is 0 Å². The molecule has 1 amide bonds. The van der Waals surface area contributed by atoms with Crippen molar-refractivity contribution in [3.05, 3.63) is 65.2 Å². The van der Waals surface area contributed by atoms with Crippen molar-refractivity contribution in [1.29, 1.82) is 0 Å². The van der Waals surface area contributed by atoms with Gasteiger partial charge in [0.2, 0.25) is 5.91 Å². The summed E-state index contributed by atoms with van der Waals surface area (Å²) < 4.78 is 0. The van der Waals surface area contributed by atoms with Gasteiger partial charge in [0.25, 0.3) is 0 Å². The van der Waals surface area contributed by atoms with Gasteiger partial charge in [0, 0.05) is 24.1 Å². The molecule has 128 valence electrons. The van der Waals surface area contributed by atoms with Crippen LogP contribution in [0, 0.1) is 0 Å². The third kappa shape index (κ3) is 3.18. The first-order valence-electron chi connectivity index (χ1n) is 8.34. The summed E-state index contributed by atoms with van der Waals surface area (Å²) in [5.74, 6) is 5.76. The molecule has 1 aliphatic rings. The van der Waals surface area contributed by atoms with Crippen LogP contribution in [0.3, 0.4) is 0 Å². The van der Waals surface area contributed by atoms with Crippen LogP contribution in [0.5, 0.6) is 0 Å². The number of amides is 1. The van der Waals surface area contributed by atoms with Crippen LogP contribution < -0.4 is 10.7 Å². The van der Waals surface area contributed by atoms with Crippen LogP contribution in [0.15, 0.2) is 58.6 Å². The van der Waals surface area contributed by atoms with E-state index in [-0.39, 0.29) is 11.9 Å². The molecule has 0 saturated carbocycles. The first-order valence-corrected chi connectivity index (χ1v) is 8.34. The monoisotopic (exact) mass is 334 g/mol. The number of hydrogen-bond donors (Lipinski definition) is 1. The van der Waals surface area contributed by atoms with Crippen molar-refractivity contribution in [2.45, 2.75) is 33.4 Å². The Morgan fingerprint density at radius 2 is 1.68 bits per heavy atom. The van der Waals surface area contributed by atoms with Gasteiger partial charge >= 0.3 is 0 Å². The predicted octanol–water partition coefficient (Wildman–Crippen LogP) is 3.11. The van der Waals surface area contributed by atoms with Gasteiger partial charge in [-0.15, -0.1) is 0 Å². The van der Waals surface area contributed by atoms with Gasteiger partial charge in [-0.05, 0) is 25.5 Å². The molecule has 0 radical (unpaired) electrons. The number of carbonyl (C=O) groups is 1. The van der Waals surface area contributed by atoms with Crippen LogP contribution in [0.2, 0.25) is 0 Å². The van der Waals surface area contributed by atoms with E-state index in [1.54, 1.807) is 11.8 Å². The van der Waals surface area contributed by atoms with Gasteiger partial charge in [-0.1, -0.05) is 42.5 Å². The maximum Gasteiger partial charge on any atom is 0.224 e. The fourth-order valence-electron chi connectivity index (χ4n) is 3.11. The molecule has 3 rings (SSSR count). The number of hydrazone groups is 1. The highest BCUT2D eigenvalue weighted by atomic mass is 16.2. The van der Waals surface area contributed by atoms with Gasteiger partial charge in [-0.2, -0.15) is 5.10 Å². The van der Waals surface area contributed by atoms with Gasteiger partial charge in [-0.3, -0.25) is 9.79 Å². The molecule has 0 aromatic heterocycles. The summed E-state index contributed by atoms with van der Waals surface area (Å²) >= 11 is 0. The molecule has 0 aliphatic carbocycles. The molecule has 0 atom stereocenters. The number of nitrogens with zero attached hydrogens (tertiary/aromatic N) is 3. The van der Waals surface area contributed by atoms with Crippen molar-refractivity contribution in [3.63, 3.8) is 0 Å². The van der Waals surface area contributed by atoms with Crippen LogP contribution in [0.4, 0.5) is 5.69 Å². The molecular formula is C20H22N4O. The summed E-state index contributed by atoms with van der Waals surface area (Å²) in [5.41, 5.74) is 4.96. The number of anilines is 1. The lowest BCUT2D eigenvalue weighted by Gasteiger charge is -2.29. The summed E-state index contributed by atoms with van der Waals surface area (Å²) in [6, 6.07) is 15.7. The van der Waals surface area contributed by atoms with Crippen LogP contribution in [-0.2, 0) is 11.3 Å². The Hall–Kier alpha value is -2.95. The topological polar surface area (TPSA) is 71.0 Å². The highest BCUT2D eigenvalue weighted by molar-refractivity contribution is 6.54. The molecule has 0 saturated heterocycles. The fourth-order valence-corrected chi connectivity index (χ4v) is 3.11. The van der Waals surface area contributed by atoms with E-state index < -0.39 is 0 Å². The van der Waals surface area contributed by atoms with Crippen molar-refractivity contribution < 1.29 is 4.79 Å². The number of para-hydroxylation sites is 1. The summed E-state index contributed by atoms with van der Waals surface area (Å²) in [7, 11) is 0. The molecule has 1 heterocycles. The van der Waals surface area contributed by atoms with Crippen molar-refractivity contribution in [3.8, 4) is 0 Å². The first kappa shape index (κ1) is 16.9. The van der Waals surface area contributed by atoms with Crippen LogP contribution in [-0.4, -0.2) is 23.4 Å². The van der Waals surface area contributed by atoms with Crippen LogP contribution in [0.1, 0.15) is 37.5 Å². The summed E-state index contributed by atoms with van der Waals surface area (Å²) in [6.07, 6.45) is 0. The van der Waals surface area contributed by atoms with Gasteiger partial charge in [0.1, 0.15) is 5.71 Å². The Morgan fingerprint density at radius 1 is 1.04 bits per heavy atom. The van der Waals surface area contributed by atoms with Crippen molar-refractivity contribution in [2.24, 2.45) is 15.9 Å². The van der Waals surface area contributed by atoms with E-state index in [0.717, 1.165) is 28.1 Å². The number of fused-ring (bicyclic) bond motifs is 2. The SMILES string of the molecule is CC(=O)N1Cc2ccccc2C(=NC(C)C)C(=NN)c2ccccc21. The standard InChI is InChI=1S/C20H22N4O/c1-13(2)22-19-16-9-5-4-8-15(16)12-24(14(3)25)18-11-7-6-10-17(18)20(19)23-21/h4-11,13H,12,21H2,1-3H3. The normalized spacial score (nSPS) is 17.2. The predicted molar refractivity (Wildman–Crippen MR) is 102 cm³/mol. The highest BCUT2D eigenvalue weighted by Gasteiger charge is 2.27. The largest absolute Gasteiger partial charge is 0.323 e. The second kappa shape index (κ2) is 6.89. The first-order chi connectivity index (χ1) is 12.0. The van der Waals surface area contributed by atoms with Gasteiger partial charge in [-0.25, -0.2) is 0 Å². The molecule has 2 aromatic carbocycles. The molecule has 2 aromatic rings. The molecule has 1 aliphatic heterocycles. The molecule has 2 N–H and O–H groups in total. The van der Waals surface area contributed by atoms with Crippen molar-refractivity contribution >= 4 is 23.0 Å². The fraction of sp³-hybridized carbons (Fsp3) is 0.250. The maximum absolute atomic E-state index is 12.3. The Balaban J connectivity index is 2.35. The van der Waals surface area contributed by atoms with Crippen LogP contribution in [0.25, 0.3) is 0 Å². The Kier molecular flexibility index (Phi) is 4.65. The van der Waals surface area contributed by atoms with E-state index in [4.69, 9.17) is 10.8 Å². The highest BCUT2D eigenvalue weighted by Crippen LogP contribution is 2.29. The summed E-state index contributed by atoms with van der Waals surface area (Å²) in [6.45, 7) is 6.10. The summed E-state index contributed by atoms with van der Waals surface area (Å²) in [4.78, 5) is 18.9. The Labute approximate surface area is 147 Å². The zero-order valence-corrected chi connectivity index (χ0v) is 14.7. The lowest BCUT2D eigenvalue weighted by Crippen LogP contribution is -2.34. The molecule has 0 spiro atoms. The zero-order chi connectivity index (χ0) is 18.0. The molecule has 5 heteroatoms. The van der Waals surface area contributed by atoms with Gasteiger partial charge < -0.3 is 10.7 Å². The van der Waals surface area contributed by atoms with Gasteiger partial charge in [0.05, 0.1) is 17.9 Å². The van der Waals surface area contributed by atoms with E-state index in [1.807, 2.05) is 62.4 Å². The molecule has 0 unspecified atom stereocenters. The molecule has 5 nitrogen and oxygen atoms in total. The smallest absolute Gasteiger partial charge is 0.224 e. The molecule has 0 fully saturated rings. The summed E-state index contributed by atoms with van der Waals surface area (Å²) in [5, 5.41) is 4.07. The minimum Gasteiger partial charge on any atom is -0.323 e. The number of rotatable bonds is 1. The maximum atomic E-state index is 12.3. The average Bonchev–Trinajstić information content (AvgIpc) is 2.58. The number of nitrogens with two attached hydrogens (primary N) is 1. The number of carbonyl (C=O) groups excluding carboxylic acids is 1. The van der Waals surface area contributed by atoms with E-state index >= 15 is 0 Å². The second-order valence-corrected chi connectivity index (χ2v) is 6.33. The zero-order valence-electron chi connectivity index (χ0n) is 14.7. The Bertz CT molecular complexity index is 868. The third-order valence-corrected chi connectivity index (χ3v) is 4.17. The minimum absolute atomic E-state index is 0.0251. The van der Waals surface area contributed by atoms with E-state index in [2.05, 4.69) is 5.10 Å². The van der Waals surface area contributed by atoms with Gasteiger partial charge in [0.15, 0.2) is 0 Å². The average molecular weight is 334 g/mol. The van der Waals surface area contributed by atoms with E-state index in [9.17, 15) is 4.79 Å². The minimum atomic E-state index is -0.0251. The lowest BCUT2D eigenvalue weighted by molar-refractivity contribution is -0.116. The quantitative estimate of drug-likeness (QED) is 0.643. The number of hydrogen-bond acceptors (Lipinski definition) is 4. The molecule has 0 bridgehead atoms. The molecular weight excluding hydrogens is 312 g/mol. The van der Waals surface area contributed by atoms with E-state index in [1.165, 1.54) is 0 Å². The lowest BCUT2D eigenvalue weighted by atomic mass is 9.91. The number of aliphatic imine (C=N–C) groups is 1. The molecule has 25 heavy (non-hydrogen) atoms. The van der Waals surface area contributed by atoms with Crippen molar-refractivity contribution in [1.82, 2.24) is 0 Å².